The number of anilines is 1. The number of ketones is 1. The van der Waals surface area contributed by atoms with E-state index in [2.05, 4.69) is 61.7 Å². The average Bonchev–Trinajstić information content (AvgIpc) is 3.50. The number of nitrogens with one attached hydrogen (secondary N) is 1. The van der Waals surface area contributed by atoms with Gasteiger partial charge in [0, 0.05) is 39.6 Å². The molecule has 10 rings (SSSR count). The first kappa shape index (κ1) is 37.6. The number of hydrogen-bond donors (Lipinski definition) is 3. The summed E-state index contributed by atoms with van der Waals surface area (Å²) in [6.07, 6.45) is 11.5. The summed E-state index contributed by atoms with van der Waals surface area (Å²) in [4.78, 5) is 31.3. The predicted molar refractivity (Wildman–Crippen MR) is 222 cm³/mol. The standard InChI is InChI=1S/C49H54N2O6/c1-45-23-20-36(52)28-47(45)26-27-49(40(29-47)43(53)33-12-16-37(56-3)17-13-33)41(45)21-24-46(2)42(49)22-25-48(46,55)31-51(44(54)50-35-14-18-38(57-4)19-15-35)30-34-10-7-9-32-8-5-6-11-39(32)34/h5-19,26-27,29,36,41-42,52,55H,20-25,28,30-31H2,1-4H3,(H,50,54). The van der Waals surface area contributed by atoms with Gasteiger partial charge in [-0.25, -0.2) is 4.79 Å². The number of methoxy groups -OCH3 is 2. The number of aliphatic hydroxyl groups is 2. The largest absolute Gasteiger partial charge is 0.497 e. The molecule has 2 amide bonds. The van der Waals surface area contributed by atoms with Gasteiger partial charge < -0.3 is 29.9 Å². The molecule has 2 bridgehead atoms. The van der Waals surface area contributed by atoms with E-state index in [4.69, 9.17) is 9.47 Å². The lowest BCUT2D eigenvalue weighted by Gasteiger charge is -2.71. The van der Waals surface area contributed by atoms with Crippen LogP contribution in [0.4, 0.5) is 10.5 Å². The van der Waals surface area contributed by atoms with E-state index in [9.17, 15) is 15.0 Å². The zero-order valence-electron chi connectivity index (χ0n) is 33.5. The number of Topliss-reactive ketones (excluding diaryl/α,β-unsaturated/α-hetero) is 1. The number of aliphatic hydroxyl groups excluding tert-OH is 1. The summed E-state index contributed by atoms with van der Waals surface area (Å²) in [5, 5.41) is 29.7. The van der Waals surface area contributed by atoms with Crippen LogP contribution in [0.2, 0.25) is 0 Å². The molecule has 4 aromatic rings. The molecule has 3 N–H and O–H groups in total. The van der Waals surface area contributed by atoms with E-state index in [1.807, 2.05) is 66.7 Å². The number of hydrogen-bond acceptors (Lipinski definition) is 6. The Bertz CT molecular complexity index is 2280. The van der Waals surface area contributed by atoms with Crippen molar-refractivity contribution in [1.82, 2.24) is 4.90 Å². The summed E-state index contributed by atoms with van der Waals surface area (Å²) in [7, 11) is 3.24. The van der Waals surface area contributed by atoms with Crippen LogP contribution >= 0.6 is 0 Å². The van der Waals surface area contributed by atoms with E-state index >= 15 is 4.79 Å². The lowest BCUT2D eigenvalue weighted by molar-refractivity contribution is -0.174. The monoisotopic (exact) mass is 766 g/mol. The van der Waals surface area contributed by atoms with Gasteiger partial charge in [0.25, 0.3) is 0 Å². The summed E-state index contributed by atoms with van der Waals surface area (Å²) >= 11 is 0. The lowest BCUT2D eigenvalue weighted by Crippen LogP contribution is -2.67. The molecule has 0 aromatic heterocycles. The number of rotatable bonds is 9. The molecule has 3 fully saturated rings. The van der Waals surface area contributed by atoms with E-state index < -0.39 is 27.9 Å². The fourth-order valence-corrected chi connectivity index (χ4v) is 12.5. The Morgan fingerprint density at radius 1 is 0.789 bits per heavy atom. The van der Waals surface area contributed by atoms with E-state index in [1.165, 1.54) is 0 Å². The van der Waals surface area contributed by atoms with Crippen molar-refractivity contribution in [3.63, 3.8) is 0 Å². The van der Waals surface area contributed by atoms with E-state index in [-0.39, 0.29) is 35.6 Å². The number of allylic oxidation sites excluding steroid dienone is 4. The fourth-order valence-electron chi connectivity index (χ4n) is 12.5. The van der Waals surface area contributed by atoms with Gasteiger partial charge >= 0.3 is 6.03 Å². The second-order valence-corrected chi connectivity index (χ2v) is 18.0. The van der Waals surface area contributed by atoms with Gasteiger partial charge in [0.2, 0.25) is 0 Å². The Labute approximate surface area is 335 Å². The number of nitrogens with zero attached hydrogens (tertiary/aromatic N) is 1. The molecule has 57 heavy (non-hydrogen) atoms. The maximum atomic E-state index is 15.0. The molecule has 8 heteroatoms. The molecule has 2 spiro atoms. The highest BCUT2D eigenvalue weighted by Gasteiger charge is 2.74. The first-order valence-electron chi connectivity index (χ1n) is 20.6. The zero-order valence-corrected chi connectivity index (χ0v) is 33.5. The molecule has 0 saturated heterocycles. The summed E-state index contributed by atoms with van der Waals surface area (Å²) < 4.78 is 10.8. The predicted octanol–water partition coefficient (Wildman–Crippen LogP) is 9.37. The van der Waals surface area contributed by atoms with Crippen LogP contribution < -0.4 is 14.8 Å². The van der Waals surface area contributed by atoms with Crippen molar-refractivity contribution in [1.29, 1.82) is 0 Å². The molecule has 8 atom stereocenters. The van der Waals surface area contributed by atoms with Gasteiger partial charge in [0.05, 0.1) is 32.5 Å². The zero-order chi connectivity index (χ0) is 39.8. The van der Waals surface area contributed by atoms with E-state index in [0.29, 0.717) is 42.1 Å². The van der Waals surface area contributed by atoms with Crippen molar-refractivity contribution in [2.75, 3.05) is 26.1 Å². The second kappa shape index (κ2) is 13.6. The highest BCUT2D eigenvalue weighted by atomic mass is 16.5. The van der Waals surface area contributed by atoms with E-state index in [1.54, 1.807) is 19.1 Å². The van der Waals surface area contributed by atoms with Crippen LogP contribution in [0.5, 0.6) is 11.5 Å². The van der Waals surface area contributed by atoms with Crippen LogP contribution in [0.1, 0.15) is 74.7 Å². The highest BCUT2D eigenvalue weighted by molar-refractivity contribution is 6.10. The van der Waals surface area contributed by atoms with Crippen LogP contribution in [0, 0.1) is 33.5 Å². The van der Waals surface area contributed by atoms with Crippen molar-refractivity contribution in [2.45, 2.75) is 77.0 Å². The molecular formula is C49H54N2O6. The number of amides is 2. The molecule has 0 radical (unpaired) electrons. The van der Waals surface area contributed by atoms with Crippen molar-refractivity contribution in [2.24, 2.45) is 33.5 Å². The number of carbonyl (C=O) groups excluding carboxylic acids is 2. The number of benzene rings is 4. The molecule has 3 saturated carbocycles. The van der Waals surface area contributed by atoms with E-state index in [0.717, 1.165) is 54.0 Å². The lowest BCUT2D eigenvalue weighted by atomic mass is 9.32. The molecule has 8 nitrogen and oxygen atoms in total. The van der Waals surface area contributed by atoms with Crippen molar-refractivity contribution < 1.29 is 29.3 Å². The normalized spacial score (nSPS) is 33.4. The topological polar surface area (TPSA) is 108 Å². The second-order valence-electron chi connectivity index (χ2n) is 18.0. The molecular weight excluding hydrogens is 713 g/mol. The third kappa shape index (κ3) is 5.61. The minimum atomic E-state index is -1.24. The van der Waals surface area contributed by atoms with Gasteiger partial charge in [0.1, 0.15) is 11.5 Å². The molecule has 0 aliphatic heterocycles. The van der Waals surface area contributed by atoms with Crippen LogP contribution in [0.3, 0.4) is 0 Å². The molecule has 0 heterocycles. The Hall–Kier alpha value is -4.92. The van der Waals surface area contributed by atoms with Gasteiger partial charge in [-0.05, 0) is 127 Å². The maximum Gasteiger partial charge on any atom is 0.322 e. The Kier molecular flexibility index (Phi) is 8.98. The van der Waals surface area contributed by atoms with Gasteiger partial charge in [-0.1, -0.05) is 74.5 Å². The minimum Gasteiger partial charge on any atom is -0.497 e. The first-order chi connectivity index (χ1) is 27.4. The summed E-state index contributed by atoms with van der Waals surface area (Å²) in [6, 6.07) is 28.8. The minimum absolute atomic E-state index is 0.00429. The summed E-state index contributed by atoms with van der Waals surface area (Å²) in [5.74, 6) is 1.51. The quantitative estimate of drug-likeness (QED) is 0.116. The van der Waals surface area contributed by atoms with Crippen LogP contribution in [-0.2, 0) is 6.54 Å². The third-order valence-electron chi connectivity index (χ3n) is 15.6. The highest BCUT2D eigenvalue weighted by Crippen LogP contribution is 2.78. The van der Waals surface area contributed by atoms with Crippen LogP contribution in [0.25, 0.3) is 10.8 Å². The maximum absolute atomic E-state index is 15.0. The number of fused-ring (bicyclic) bond motifs is 2. The number of urea groups is 1. The Balaban J connectivity index is 1.11. The fraction of sp³-hybridized carbons (Fsp3) is 0.429. The van der Waals surface area contributed by atoms with Crippen molar-refractivity contribution >= 4 is 28.3 Å². The summed E-state index contributed by atoms with van der Waals surface area (Å²) in [6.45, 7) is 5.06. The molecule has 6 aliphatic carbocycles. The van der Waals surface area contributed by atoms with Gasteiger partial charge in [-0.15, -0.1) is 0 Å². The SMILES string of the molecule is COc1ccc(NC(=O)N(Cc2cccc3ccccc23)CC2(O)CCC3C45C=CC6(C=C4C(=O)c4ccc(OC)cc4)CC(O)CCC6(C)C5CCC32C)cc1. The molecule has 6 aliphatic rings. The molecule has 296 valence electrons. The third-order valence-corrected chi connectivity index (χ3v) is 15.6. The first-order valence-corrected chi connectivity index (χ1v) is 20.6. The van der Waals surface area contributed by atoms with Crippen molar-refractivity contribution in [3.8, 4) is 11.5 Å². The Morgan fingerprint density at radius 2 is 1.44 bits per heavy atom. The average molecular weight is 767 g/mol. The Morgan fingerprint density at radius 3 is 2.18 bits per heavy atom. The van der Waals surface area contributed by atoms with Crippen LogP contribution in [0.15, 0.2) is 115 Å². The van der Waals surface area contributed by atoms with Crippen LogP contribution in [-0.4, -0.2) is 59.4 Å². The van der Waals surface area contributed by atoms with Gasteiger partial charge in [0.15, 0.2) is 5.78 Å². The summed E-state index contributed by atoms with van der Waals surface area (Å²) in [5.41, 5.74) is 0.0191. The molecule has 4 aromatic carbocycles. The van der Waals surface area contributed by atoms with Crippen molar-refractivity contribution in [3.05, 3.63) is 126 Å². The van der Waals surface area contributed by atoms with Gasteiger partial charge in [-0.2, -0.15) is 0 Å². The smallest absolute Gasteiger partial charge is 0.322 e. The molecule has 8 unspecified atom stereocenters. The van der Waals surface area contributed by atoms with Gasteiger partial charge in [-0.3, -0.25) is 4.79 Å². The number of carbonyl (C=O) groups is 2. The number of ether oxygens (including phenoxy) is 2.